The summed E-state index contributed by atoms with van der Waals surface area (Å²) < 4.78 is 25.3. The fraction of sp³-hybridized carbons (Fsp3) is 0.350. The molecule has 1 aliphatic carbocycles. The molecule has 0 unspecified atom stereocenters. The average Bonchev–Trinajstić information content (AvgIpc) is 3.13. The van der Waals surface area contributed by atoms with E-state index in [0.29, 0.717) is 17.8 Å². The van der Waals surface area contributed by atoms with E-state index in [1.54, 1.807) is 54.6 Å². The third kappa shape index (κ3) is 4.14. The lowest BCUT2D eigenvalue weighted by Crippen LogP contribution is -2.30. The second-order valence-corrected chi connectivity index (χ2v) is 8.74. The molecule has 6 heteroatoms. The molecule has 0 bridgehead atoms. The van der Waals surface area contributed by atoms with Crippen LogP contribution in [0.4, 0.5) is 5.69 Å². The summed E-state index contributed by atoms with van der Waals surface area (Å²) in [4.78, 5) is 12.9. The highest BCUT2D eigenvalue weighted by Crippen LogP contribution is 2.32. The first-order valence-corrected chi connectivity index (χ1v) is 10.5. The maximum Gasteiger partial charge on any atom is 0.227 e. The van der Waals surface area contributed by atoms with Crippen LogP contribution >= 0.6 is 0 Å². The molecular formula is C20H24N2O3S. The van der Waals surface area contributed by atoms with Gasteiger partial charge in [-0.3, -0.25) is 4.79 Å². The van der Waals surface area contributed by atoms with Crippen molar-refractivity contribution in [3.8, 4) is 0 Å². The fourth-order valence-corrected chi connectivity index (χ4v) is 4.97. The van der Waals surface area contributed by atoms with Crippen LogP contribution in [-0.2, 0) is 20.4 Å². The standard InChI is InChI=1S/C20H24N2O3S/c21-13-15-8-6-11-18(15)20(23)22-19-12-5-4-7-16(19)14-26(24,25)17-9-2-1-3-10-17/h1-5,7,9-10,12,15,18H,6,8,11,13-14,21H2,(H,22,23)/t15-,18-/m1/s1. The van der Waals surface area contributed by atoms with Gasteiger partial charge in [-0.25, -0.2) is 8.42 Å². The van der Waals surface area contributed by atoms with E-state index in [1.165, 1.54) is 0 Å². The predicted octanol–water partition coefficient (Wildman–Crippen LogP) is 2.97. The molecule has 0 aliphatic heterocycles. The number of carbonyl (C=O) groups is 1. The lowest BCUT2D eigenvalue weighted by atomic mass is 9.95. The van der Waals surface area contributed by atoms with Crippen molar-refractivity contribution in [2.45, 2.75) is 29.9 Å². The molecule has 5 nitrogen and oxygen atoms in total. The number of benzene rings is 2. The number of hydrogen-bond acceptors (Lipinski definition) is 4. The molecule has 0 saturated heterocycles. The smallest absolute Gasteiger partial charge is 0.227 e. The van der Waals surface area contributed by atoms with Gasteiger partial charge in [-0.15, -0.1) is 0 Å². The number of amides is 1. The second kappa shape index (κ2) is 8.01. The summed E-state index contributed by atoms with van der Waals surface area (Å²) in [7, 11) is -3.48. The average molecular weight is 372 g/mol. The number of nitrogens with two attached hydrogens (primary N) is 1. The molecular weight excluding hydrogens is 348 g/mol. The molecule has 1 fully saturated rings. The molecule has 1 aliphatic rings. The molecule has 1 saturated carbocycles. The number of rotatable bonds is 6. The van der Waals surface area contributed by atoms with Gasteiger partial charge in [0.25, 0.3) is 0 Å². The lowest BCUT2D eigenvalue weighted by Gasteiger charge is -2.19. The van der Waals surface area contributed by atoms with E-state index in [-0.39, 0.29) is 28.4 Å². The van der Waals surface area contributed by atoms with Gasteiger partial charge < -0.3 is 11.1 Å². The molecule has 138 valence electrons. The first kappa shape index (κ1) is 18.6. The summed E-state index contributed by atoms with van der Waals surface area (Å²) in [6.45, 7) is 0.502. The van der Waals surface area contributed by atoms with Crippen molar-refractivity contribution in [3.05, 3.63) is 60.2 Å². The minimum absolute atomic E-state index is 0.0671. The number of para-hydroxylation sites is 1. The number of nitrogens with one attached hydrogen (secondary N) is 1. The first-order chi connectivity index (χ1) is 12.5. The molecule has 2 aromatic rings. The van der Waals surface area contributed by atoms with Crippen LogP contribution in [0.15, 0.2) is 59.5 Å². The first-order valence-electron chi connectivity index (χ1n) is 8.88. The Morgan fingerprint density at radius 3 is 2.46 bits per heavy atom. The highest BCUT2D eigenvalue weighted by molar-refractivity contribution is 7.90. The molecule has 3 rings (SSSR count). The maximum absolute atomic E-state index is 12.7. The van der Waals surface area contributed by atoms with Gasteiger partial charge in [0, 0.05) is 11.6 Å². The van der Waals surface area contributed by atoms with Crippen LogP contribution in [0.25, 0.3) is 0 Å². The summed E-state index contributed by atoms with van der Waals surface area (Å²) in [5, 5.41) is 2.93. The predicted molar refractivity (Wildman–Crippen MR) is 102 cm³/mol. The third-order valence-corrected chi connectivity index (χ3v) is 6.70. The molecule has 0 aromatic heterocycles. The van der Waals surface area contributed by atoms with E-state index < -0.39 is 9.84 Å². The van der Waals surface area contributed by atoms with Gasteiger partial charge in [-0.1, -0.05) is 42.8 Å². The molecule has 1 amide bonds. The van der Waals surface area contributed by atoms with Crippen LogP contribution < -0.4 is 11.1 Å². The summed E-state index contributed by atoms with van der Waals surface area (Å²) in [6, 6.07) is 15.4. The van der Waals surface area contributed by atoms with E-state index in [4.69, 9.17) is 5.73 Å². The minimum atomic E-state index is -3.48. The maximum atomic E-state index is 12.7. The molecule has 2 aromatic carbocycles. The summed E-state index contributed by atoms with van der Waals surface area (Å²) >= 11 is 0. The van der Waals surface area contributed by atoms with Crippen LogP contribution in [0.3, 0.4) is 0 Å². The Labute approximate surface area is 154 Å². The zero-order chi connectivity index (χ0) is 18.6. The summed E-state index contributed by atoms with van der Waals surface area (Å²) in [5.74, 6) is -0.116. The molecule has 3 N–H and O–H groups in total. The molecule has 0 spiro atoms. The van der Waals surface area contributed by atoms with Crippen molar-refractivity contribution in [1.29, 1.82) is 0 Å². The normalized spacial score (nSPS) is 20.0. The Balaban J connectivity index is 1.79. The molecule has 26 heavy (non-hydrogen) atoms. The Hall–Kier alpha value is -2.18. The van der Waals surface area contributed by atoms with Crippen molar-refractivity contribution in [2.75, 3.05) is 11.9 Å². The lowest BCUT2D eigenvalue weighted by molar-refractivity contribution is -0.120. The third-order valence-electron chi connectivity index (χ3n) is 5.02. The monoisotopic (exact) mass is 372 g/mol. The number of sulfone groups is 1. The topological polar surface area (TPSA) is 89.3 Å². The summed E-state index contributed by atoms with van der Waals surface area (Å²) in [6.07, 6.45) is 2.81. The second-order valence-electron chi connectivity index (χ2n) is 6.75. The number of anilines is 1. The van der Waals surface area contributed by atoms with Crippen molar-refractivity contribution in [3.63, 3.8) is 0 Å². The number of hydrogen-bond donors (Lipinski definition) is 2. The van der Waals surface area contributed by atoms with Gasteiger partial charge >= 0.3 is 0 Å². The van der Waals surface area contributed by atoms with Crippen molar-refractivity contribution >= 4 is 21.4 Å². The Morgan fingerprint density at radius 2 is 1.73 bits per heavy atom. The zero-order valence-corrected chi connectivity index (χ0v) is 15.4. The largest absolute Gasteiger partial charge is 0.330 e. The quantitative estimate of drug-likeness (QED) is 0.816. The van der Waals surface area contributed by atoms with Crippen LogP contribution in [0.5, 0.6) is 0 Å². The minimum Gasteiger partial charge on any atom is -0.330 e. The summed E-state index contributed by atoms with van der Waals surface area (Å²) in [5.41, 5.74) is 6.92. The van der Waals surface area contributed by atoms with Crippen molar-refractivity contribution in [1.82, 2.24) is 0 Å². The van der Waals surface area contributed by atoms with E-state index in [2.05, 4.69) is 5.32 Å². The molecule has 0 radical (unpaired) electrons. The van der Waals surface area contributed by atoms with Crippen molar-refractivity contribution in [2.24, 2.45) is 17.6 Å². The van der Waals surface area contributed by atoms with E-state index >= 15 is 0 Å². The number of carbonyl (C=O) groups excluding carboxylic acids is 1. The Bertz CT molecular complexity index is 866. The highest BCUT2D eigenvalue weighted by Gasteiger charge is 2.32. The Kier molecular flexibility index (Phi) is 5.74. The van der Waals surface area contributed by atoms with E-state index in [0.717, 1.165) is 19.3 Å². The highest BCUT2D eigenvalue weighted by atomic mass is 32.2. The van der Waals surface area contributed by atoms with Crippen LogP contribution in [-0.4, -0.2) is 20.9 Å². The van der Waals surface area contributed by atoms with Gasteiger partial charge in [0.1, 0.15) is 0 Å². The van der Waals surface area contributed by atoms with E-state index in [1.807, 2.05) is 0 Å². The fourth-order valence-electron chi connectivity index (χ4n) is 3.57. The zero-order valence-electron chi connectivity index (χ0n) is 14.6. The van der Waals surface area contributed by atoms with Gasteiger partial charge in [-0.05, 0) is 49.1 Å². The van der Waals surface area contributed by atoms with Gasteiger partial charge in [0.2, 0.25) is 5.91 Å². The molecule has 2 atom stereocenters. The van der Waals surface area contributed by atoms with Crippen LogP contribution in [0, 0.1) is 11.8 Å². The van der Waals surface area contributed by atoms with Gasteiger partial charge in [0.05, 0.1) is 10.6 Å². The molecule has 0 heterocycles. The van der Waals surface area contributed by atoms with E-state index in [9.17, 15) is 13.2 Å². The SMILES string of the molecule is NC[C@H]1CCC[C@H]1C(=O)Nc1ccccc1CS(=O)(=O)c1ccccc1. The van der Waals surface area contributed by atoms with Gasteiger partial charge in [0.15, 0.2) is 9.84 Å². The van der Waals surface area contributed by atoms with Crippen LogP contribution in [0.1, 0.15) is 24.8 Å². The Morgan fingerprint density at radius 1 is 1.04 bits per heavy atom. The van der Waals surface area contributed by atoms with Crippen molar-refractivity contribution < 1.29 is 13.2 Å². The van der Waals surface area contributed by atoms with Gasteiger partial charge in [-0.2, -0.15) is 0 Å². The van der Waals surface area contributed by atoms with Crippen LogP contribution in [0.2, 0.25) is 0 Å².